The molecular formula is C13H15N3O3S2. The van der Waals surface area contributed by atoms with Gasteiger partial charge in [0.25, 0.3) is 0 Å². The van der Waals surface area contributed by atoms with E-state index in [0.717, 1.165) is 11.0 Å². The second-order valence-corrected chi connectivity index (χ2v) is 8.50. The molecule has 1 aromatic heterocycles. The fraction of sp³-hybridized carbons (Fsp3) is 0.385. The monoisotopic (exact) mass is 325 g/mol. The molecule has 1 atom stereocenters. The third-order valence-corrected chi connectivity index (χ3v) is 6.57. The number of hydrogen-bond donors (Lipinski definition) is 2. The van der Waals surface area contributed by atoms with Crippen molar-refractivity contribution >= 4 is 44.5 Å². The molecule has 21 heavy (non-hydrogen) atoms. The van der Waals surface area contributed by atoms with Gasteiger partial charge >= 0.3 is 0 Å². The van der Waals surface area contributed by atoms with Crippen LogP contribution in [0.1, 0.15) is 6.42 Å². The first kappa shape index (κ1) is 14.4. The van der Waals surface area contributed by atoms with Gasteiger partial charge in [-0.05, 0) is 18.6 Å². The molecule has 2 aromatic rings. The van der Waals surface area contributed by atoms with Crippen molar-refractivity contribution in [2.45, 2.75) is 11.7 Å². The largest absolute Gasteiger partial charge is 0.324 e. The number of fused-ring (bicyclic) bond motifs is 1. The van der Waals surface area contributed by atoms with Gasteiger partial charge in [0.15, 0.2) is 9.84 Å². The van der Waals surface area contributed by atoms with Crippen molar-refractivity contribution in [3.63, 3.8) is 0 Å². The number of rotatable bonds is 4. The Labute approximate surface area is 126 Å². The normalized spacial score (nSPS) is 20.7. The molecule has 3 rings (SSSR count). The third kappa shape index (κ3) is 3.56. The average Bonchev–Trinajstić information content (AvgIpc) is 2.98. The Bertz CT molecular complexity index is 737. The number of carbonyl (C=O) groups is 1. The number of hydrogen-bond acceptors (Lipinski definition) is 5. The first-order valence-corrected chi connectivity index (χ1v) is 9.45. The predicted molar refractivity (Wildman–Crippen MR) is 84.2 cm³/mol. The Morgan fingerprint density at radius 2 is 2.24 bits per heavy atom. The molecule has 0 bridgehead atoms. The lowest BCUT2D eigenvalue weighted by molar-refractivity contribution is -0.113. The number of nitrogens with one attached hydrogen (secondary N) is 2. The van der Waals surface area contributed by atoms with Gasteiger partial charge < -0.3 is 4.98 Å². The molecule has 2 heterocycles. The Kier molecular flexibility index (Phi) is 3.90. The van der Waals surface area contributed by atoms with Crippen LogP contribution in [0.3, 0.4) is 0 Å². The molecule has 8 heteroatoms. The standard InChI is InChI=1S/C13H15N3O3S2/c17-12(7-20-9-5-6-21(18,19)8-9)16-13-14-10-3-1-2-4-11(10)15-13/h1-4,9H,5-8H2,(H2,14,15,16,17). The summed E-state index contributed by atoms with van der Waals surface area (Å²) in [6.45, 7) is 0. The number of imidazole rings is 1. The van der Waals surface area contributed by atoms with Gasteiger partial charge in [-0.25, -0.2) is 13.4 Å². The summed E-state index contributed by atoms with van der Waals surface area (Å²) in [6, 6.07) is 7.52. The second kappa shape index (κ2) is 5.69. The molecule has 1 fully saturated rings. The molecule has 1 saturated heterocycles. The smallest absolute Gasteiger partial charge is 0.236 e. The van der Waals surface area contributed by atoms with Gasteiger partial charge in [0.1, 0.15) is 0 Å². The lowest BCUT2D eigenvalue weighted by Crippen LogP contribution is -2.17. The molecule has 0 radical (unpaired) electrons. The van der Waals surface area contributed by atoms with E-state index in [0.29, 0.717) is 12.4 Å². The number of carbonyl (C=O) groups excluding carboxylic acids is 1. The molecule has 2 N–H and O–H groups in total. The minimum absolute atomic E-state index is 0.0245. The Balaban J connectivity index is 1.54. The van der Waals surface area contributed by atoms with Gasteiger partial charge in [0, 0.05) is 5.25 Å². The van der Waals surface area contributed by atoms with Crippen LogP contribution in [-0.2, 0) is 14.6 Å². The number of aromatic nitrogens is 2. The maximum absolute atomic E-state index is 11.9. The number of aromatic amines is 1. The van der Waals surface area contributed by atoms with Crippen molar-refractivity contribution in [2.75, 3.05) is 22.6 Å². The number of benzene rings is 1. The van der Waals surface area contributed by atoms with Crippen LogP contribution in [0, 0.1) is 0 Å². The zero-order valence-corrected chi connectivity index (χ0v) is 12.8. The van der Waals surface area contributed by atoms with Crippen LogP contribution in [0.25, 0.3) is 11.0 Å². The third-order valence-electron chi connectivity index (χ3n) is 3.29. The van der Waals surface area contributed by atoms with Crippen LogP contribution in [0.2, 0.25) is 0 Å². The molecule has 1 amide bonds. The summed E-state index contributed by atoms with van der Waals surface area (Å²) >= 11 is 1.39. The second-order valence-electron chi connectivity index (χ2n) is 4.99. The Morgan fingerprint density at radius 1 is 1.43 bits per heavy atom. The zero-order valence-electron chi connectivity index (χ0n) is 11.2. The molecule has 1 aliphatic rings. The van der Waals surface area contributed by atoms with Crippen LogP contribution in [-0.4, -0.2) is 46.8 Å². The van der Waals surface area contributed by atoms with Crippen molar-refractivity contribution in [1.29, 1.82) is 0 Å². The van der Waals surface area contributed by atoms with E-state index in [1.165, 1.54) is 11.8 Å². The molecule has 0 aliphatic carbocycles. The topological polar surface area (TPSA) is 91.9 Å². The van der Waals surface area contributed by atoms with E-state index in [1.807, 2.05) is 24.3 Å². The summed E-state index contributed by atoms with van der Waals surface area (Å²) in [5, 5.41) is 2.72. The molecule has 0 spiro atoms. The summed E-state index contributed by atoms with van der Waals surface area (Å²) in [6.07, 6.45) is 0.630. The fourth-order valence-electron chi connectivity index (χ4n) is 2.27. The molecular weight excluding hydrogens is 310 g/mol. The highest BCUT2D eigenvalue weighted by Crippen LogP contribution is 2.24. The van der Waals surface area contributed by atoms with Crippen molar-refractivity contribution in [2.24, 2.45) is 0 Å². The highest BCUT2D eigenvalue weighted by molar-refractivity contribution is 8.02. The molecule has 0 saturated carbocycles. The molecule has 1 unspecified atom stereocenters. The Hall–Kier alpha value is -1.54. The van der Waals surface area contributed by atoms with Gasteiger partial charge in [-0.15, -0.1) is 11.8 Å². The van der Waals surface area contributed by atoms with E-state index >= 15 is 0 Å². The van der Waals surface area contributed by atoms with Crippen LogP contribution in [0.5, 0.6) is 0 Å². The molecule has 1 aromatic carbocycles. The summed E-state index contributed by atoms with van der Waals surface area (Å²) in [4.78, 5) is 19.1. The maximum atomic E-state index is 11.9. The Morgan fingerprint density at radius 3 is 2.95 bits per heavy atom. The van der Waals surface area contributed by atoms with Crippen LogP contribution in [0.4, 0.5) is 5.95 Å². The summed E-state index contributed by atoms with van der Waals surface area (Å²) < 4.78 is 22.7. The van der Waals surface area contributed by atoms with Crippen molar-refractivity contribution < 1.29 is 13.2 Å². The summed E-state index contributed by atoms with van der Waals surface area (Å²) in [5.41, 5.74) is 1.66. The SMILES string of the molecule is O=C(CSC1CCS(=O)(=O)C1)Nc1nc2ccccc2[nH]1. The van der Waals surface area contributed by atoms with Gasteiger partial charge in [0.05, 0.1) is 28.3 Å². The number of thioether (sulfide) groups is 1. The molecule has 6 nitrogen and oxygen atoms in total. The van der Waals surface area contributed by atoms with E-state index in [2.05, 4.69) is 15.3 Å². The van der Waals surface area contributed by atoms with Crippen molar-refractivity contribution in [3.05, 3.63) is 24.3 Å². The van der Waals surface area contributed by atoms with E-state index in [4.69, 9.17) is 0 Å². The van der Waals surface area contributed by atoms with E-state index < -0.39 is 9.84 Å². The lowest BCUT2D eigenvalue weighted by atomic mass is 10.3. The van der Waals surface area contributed by atoms with E-state index in [9.17, 15) is 13.2 Å². The quantitative estimate of drug-likeness (QED) is 0.887. The fourth-order valence-corrected chi connectivity index (χ4v) is 5.71. The number of H-pyrrole nitrogens is 1. The highest BCUT2D eigenvalue weighted by atomic mass is 32.2. The summed E-state index contributed by atoms with van der Waals surface area (Å²) in [7, 11) is -2.89. The van der Waals surface area contributed by atoms with Gasteiger partial charge in [-0.1, -0.05) is 12.1 Å². The first-order valence-electron chi connectivity index (χ1n) is 6.58. The van der Waals surface area contributed by atoms with Crippen molar-refractivity contribution in [1.82, 2.24) is 9.97 Å². The van der Waals surface area contributed by atoms with Gasteiger partial charge in [0.2, 0.25) is 11.9 Å². The minimum atomic E-state index is -2.89. The van der Waals surface area contributed by atoms with Crippen LogP contribution < -0.4 is 5.32 Å². The lowest BCUT2D eigenvalue weighted by Gasteiger charge is -2.06. The first-order chi connectivity index (χ1) is 10.0. The predicted octanol–water partition coefficient (Wildman–Crippen LogP) is 1.42. The minimum Gasteiger partial charge on any atom is -0.324 e. The number of amides is 1. The van der Waals surface area contributed by atoms with Crippen molar-refractivity contribution in [3.8, 4) is 0 Å². The van der Waals surface area contributed by atoms with Crippen LogP contribution >= 0.6 is 11.8 Å². The van der Waals surface area contributed by atoms with E-state index in [1.54, 1.807) is 0 Å². The number of anilines is 1. The maximum Gasteiger partial charge on any atom is 0.236 e. The summed E-state index contributed by atoms with van der Waals surface area (Å²) in [5.74, 6) is 0.882. The molecule has 1 aliphatic heterocycles. The van der Waals surface area contributed by atoms with E-state index in [-0.39, 0.29) is 28.4 Å². The number of para-hydroxylation sites is 2. The molecule has 112 valence electrons. The van der Waals surface area contributed by atoms with Gasteiger partial charge in [-0.3, -0.25) is 10.1 Å². The van der Waals surface area contributed by atoms with Gasteiger partial charge in [-0.2, -0.15) is 0 Å². The zero-order chi connectivity index (χ0) is 14.9. The number of sulfone groups is 1. The van der Waals surface area contributed by atoms with Crippen LogP contribution in [0.15, 0.2) is 24.3 Å². The average molecular weight is 325 g/mol. The highest BCUT2D eigenvalue weighted by Gasteiger charge is 2.28. The number of nitrogens with zero attached hydrogens (tertiary/aromatic N) is 1.